The van der Waals surface area contributed by atoms with Crippen molar-refractivity contribution in [3.63, 3.8) is 0 Å². The van der Waals surface area contributed by atoms with Crippen molar-refractivity contribution < 1.29 is 28.6 Å². The van der Waals surface area contributed by atoms with E-state index in [0.29, 0.717) is 19.3 Å². The van der Waals surface area contributed by atoms with Gasteiger partial charge in [0.05, 0.1) is 0 Å². The van der Waals surface area contributed by atoms with Crippen molar-refractivity contribution in [1.82, 2.24) is 0 Å². The van der Waals surface area contributed by atoms with E-state index in [4.69, 9.17) is 14.2 Å². The number of hydrogen-bond acceptors (Lipinski definition) is 6. The molecule has 6 heteroatoms. The van der Waals surface area contributed by atoms with Gasteiger partial charge < -0.3 is 14.2 Å². The zero-order chi connectivity index (χ0) is 39.7. The molecule has 54 heavy (non-hydrogen) atoms. The summed E-state index contributed by atoms with van der Waals surface area (Å²) < 4.78 is 16.6. The first-order valence-corrected chi connectivity index (χ1v) is 23.8. The zero-order valence-corrected chi connectivity index (χ0v) is 36.8. The van der Waals surface area contributed by atoms with Gasteiger partial charge in [-0.05, 0) is 31.1 Å². The molecule has 0 saturated carbocycles. The molecule has 0 aliphatic heterocycles. The molecule has 0 radical (unpaired) electrons. The van der Waals surface area contributed by atoms with Crippen molar-refractivity contribution in [2.45, 2.75) is 265 Å². The molecule has 0 bridgehead atoms. The molecule has 0 N–H and O–H groups in total. The molecule has 6 nitrogen and oxygen atoms in total. The highest BCUT2D eigenvalue weighted by atomic mass is 16.6. The van der Waals surface area contributed by atoms with Gasteiger partial charge in [0.1, 0.15) is 13.2 Å². The van der Waals surface area contributed by atoms with E-state index in [0.717, 1.165) is 76.0 Å². The third-order valence-corrected chi connectivity index (χ3v) is 11.1. The maximum absolute atomic E-state index is 12.7. The lowest BCUT2D eigenvalue weighted by molar-refractivity contribution is -0.167. The van der Waals surface area contributed by atoms with Gasteiger partial charge in [-0.2, -0.15) is 0 Å². The monoisotopic (exact) mass is 765 g/mol. The van der Waals surface area contributed by atoms with E-state index >= 15 is 0 Å². The summed E-state index contributed by atoms with van der Waals surface area (Å²) in [6.07, 6.45) is 39.7. The van der Waals surface area contributed by atoms with Gasteiger partial charge in [0.2, 0.25) is 0 Å². The summed E-state index contributed by atoms with van der Waals surface area (Å²) in [4.78, 5) is 37.5. The summed E-state index contributed by atoms with van der Waals surface area (Å²) in [5.41, 5.74) is 0. The average Bonchev–Trinajstić information content (AvgIpc) is 3.15. The quantitative estimate of drug-likeness (QED) is 0.0350. The molecule has 1 unspecified atom stereocenters. The Morgan fingerprint density at radius 2 is 0.704 bits per heavy atom. The fourth-order valence-corrected chi connectivity index (χ4v) is 7.07. The minimum absolute atomic E-state index is 0.0654. The van der Waals surface area contributed by atoms with Gasteiger partial charge in [-0.1, -0.05) is 221 Å². The van der Waals surface area contributed by atoms with E-state index < -0.39 is 6.10 Å². The normalized spacial score (nSPS) is 12.6. The third kappa shape index (κ3) is 40.1. The fourth-order valence-electron chi connectivity index (χ4n) is 7.07. The van der Waals surface area contributed by atoms with Crippen LogP contribution in [0.25, 0.3) is 0 Å². The number of carbonyl (C=O) groups excluding carboxylic acids is 3. The van der Waals surface area contributed by atoms with Crippen molar-refractivity contribution in [1.29, 1.82) is 0 Å². The molecule has 0 spiro atoms. The highest BCUT2D eigenvalue weighted by molar-refractivity contribution is 5.71. The van der Waals surface area contributed by atoms with Crippen LogP contribution in [0.1, 0.15) is 259 Å². The Hall–Kier alpha value is -1.59. The molecule has 2 atom stereocenters. The second kappa shape index (κ2) is 41.1. The van der Waals surface area contributed by atoms with E-state index in [9.17, 15) is 14.4 Å². The molecule has 320 valence electrons. The van der Waals surface area contributed by atoms with Crippen LogP contribution >= 0.6 is 0 Å². The lowest BCUT2D eigenvalue weighted by atomic mass is 9.99. The maximum atomic E-state index is 12.7. The number of hydrogen-bond donors (Lipinski definition) is 0. The summed E-state index contributed by atoms with van der Waals surface area (Å²) in [5.74, 6) is 0.844. The average molecular weight is 765 g/mol. The van der Waals surface area contributed by atoms with Crippen LogP contribution < -0.4 is 0 Å². The molecule has 0 aromatic rings. The number of carbonyl (C=O) groups is 3. The largest absolute Gasteiger partial charge is 0.462 e. The third-order valence-electron chi connectivity index (χ3n) is 11.1. The molecule has 0 aromatic carbocycles. The smallest absolute Gasteiger partial charge is 0.306 e. The van der Waals surface area contributed by atoms with Crippen LogP contribution in [0.2, 0.25) is 0 Å². The first kappa shape index (κ1) is 52.4. The molecular weight excluding hydrogens is 673 g/mol. The first-order valence-electron chi connectivity index (χ1n) is 23.8. The van der Waals surface area contributed by atoms with Crippen LogP contribution in [-0.4, -0.2) is 37.2 Å². The minimum Gasteiger partial charge on any atom is -0.462 e. The number of ether oxygens (including phenoxy) is 3. The van der Waals surface area contributed by atoms with E-state index in [1.54, 1.807) is 0 Å². The van der Waals surface area contributed by atoms with Crippen LogP contribution in [0.3, 0.4) is 0 Å². The first-order chi connectivity index (χ1) is 26.3. The molecule has 0 saturated heterocycles. The standard InChI is InChI=1S/C48H92O6/c1-6-8-9-26-33-38-46(49)52-41-45(54-48(51)40-35-30-25-21-17-16-19-23-28-32-37-44(5)7-2)42-53-47(50)39-34-29-24-20-15-13-11-10-12-14-18-22-27-31-36-43(3)4/h43-45H,6-42H2,1-5H3/t44?,45-/m0/s1. The van der Waals surface area contributed by atoms with Gasteiger partial charge in [-0.15, -0.1) is 0 Å². The van der Waals surface area contributed by atoms with Crippen molar-refractivity contribution in [2.75, 3.05) is 13.2 Å². The molecular formula is C48H92O6. The second-order valence-corrected chi connectivity index (χ2v) is 17.1. The molecule has 0 fully saturated rings. The van der Waals surface area contributed by atoms with Gasteiger partial charge in [0.15, 0.2) is 6.10 Å². The Kier molecular flexibility index (Phi) is 39.8. The SMILES string of the molecule is CCCCCCCC(=O)OC[C@@H](COC(=O)CCCCCCCCCCCCCCCCC(C)C)OC(=O)CCCCCCCCCCCCC(C)CC. The van der Waals surface area contributed by atoms with E-state index in [2.05, 4.69) is 34.6 Å². The number of rotatable bonds is 42. The van der Waals surface area contributed by atoms with Gasteiger partial charge >= 0.3 is 17.9 Å². The van der Waals surface area contributed by atoms with E-state index in [1.165, 1.54) is 141 Å². The minimum atomic E-state index is -0.759. The van der Waals surface area contributed by atoms with Crippen molar-refractivity contribution in [3.05, 3.63) is 0 Å². The molecule has 0 aliphatic rings. The van der Waals surface area contributed by atoms with Gasteiger partial charge in [0.25, 0.3) is 0 Å². The Labute approximate surface area is 336 Å². The van der Waals surface area contributed by atoms with Crippen LogP contribution in [-0.2, 0) is 28.6 Å². The van der Waals surface area contributed by atoms with Crippen molar-refractivity contribution in [3.8, 4) is 0 Å². The van der Waals surface area contributed by atoms with Crippen molar-refractivity contribution >= 4 is 17.9 Å². The van der Waals surface area contributed by atoms with Gasteiger partial charge in [0, 0.05) is 19.3 Å². The zero-order valence-electron chi connectivity index (χ0n) is 36.8. The lowest BCUT2D eigenvalue weighted by Gasteiger charge is -2.18. The summed E-state index contributed by atoms with van der Waals surface area (Å²) in [6.45, 7) is 11.3. The number of unbranched alkanes of at least 4 members (excludes halogenated alkanes) is 26. The molecule has 0 aromatic heterocycles. The Morgan fingerprint density at radius 1 is 0.389 bits per heavy atom. The van der Waals surface area contributed by atoms with Crippen LogP contribution in [0.4, 0.5) is 0 Å². The lowest BCUT2D eigenvalue weighted by Crippen LogP contribution is -2.30. The maximum Gasteiger partial charge on any atom is 0.306 e. The van der Waals surface area contributed by atoms with Crippen LogP contribution in [0.15, 0.2) is 0 Å². The summed E-state index contributed by atoms with van der Waals surface area (Å²) in [7, 11) is 0. The van der Waals surface area contributed by atoms with Crippen LogP contribution in [0, 0.1) is 11.8 Å². The van der Waals surface area contributed by atoms with Crippen molar-refractivity contribution in [2.24, 2.45) is 11.8 Å². The van der Waals surface area contributed by atoms with E-state index in [1.807, 2.05) is 0 Å². The van der Waals surface area contributed by atoms with Gasteiger partial charge in [-0.25, -0.2) is 0 Å². The van der Waals surface area contributed by atoms with Gasteiger partial charge in [-0.3, -0.25) is 14.4 Å². The highest BCUT2D eigenvalue weighted by Gasteiger charge is 2.19. The molecule has 0 rings (SSSR count). The molecule has 0 aliphatic carbocycles. The summed E-state index contributed by atoms with van der Waals surface area (Å²) >= 11 is 0. The topological polar surface area (TPSA) is 78.9 Å². The molecule has 0 heterocycles. The molecule has 0 amide bonds. The predicted octanol–water partition coefficient (Wildman–Crippen LogP) is 15.0. The Bertz CT molecular complexity index is 826. The summed E-state index contributed by atoms with van der Waals surface area (Å²) in [6, 6.07) is 0. The van der Waals surface area contributed by atoms with E-state index in [-0.39, 0.29) is 31.1 Å². The number of esters is 3. The second-order valence-electron chi connectivity index (χ2n) is 17.1. The summed E-state index contributed by atoms with van der Waals surface area (Å²) in [5, 5.41) is 0. The Morgan fingerprint density at radius 3 is 1.06 bits per heavy atom. The Balaban J connectivity index is 4.15. The highest BCUT2D eigenvalue weighted by Crippen LogP contribution is 2.17. The predicted molar refractivity (Wildman–Crippen MR) is 229 cm³/mol. The fraction of sp³-hybridized carbons (Fsp3) is 0.938. The van der Waals surface area contributed by atoms with Crippen LogP contribution in [0.5, 0.6) is 0 Å².